The second kappa shape index (κ2) is 9.22. The summed E-state index contributed by atoms with van der Waals surface area (Å²) in [6, 6.07) is 14.1. The smallest absolute Gasteiger partial charge is 0.224 e. The number of benzene rings is 2. The van der Waals surface area contributed by atoms with Crippen LogP contribution in [0.25, 0.3) is 10.9 Å². The van der Waals surface area contributed by atoms with Crippen molar-refractivity contribution >= 4 is 16.8 Å². The summed E-state index contributed by atoms with van der Waals surface area (Å²) in [6.45, 7) is 2.04. The summed E-state index contributed by atoms with van der Waals surface area (Å²) in [7, 11) is 3.30. The van der Waals surface area contributed by atoms with Crippen molar-refractivity contribution in [1.29, 1.82) is 0 Å². The van der Waals surface area contributed by atoms with E-state index < -0.39 is 0 Å². The Bertz CT molecular complexity index is 999. The number of aromatic nitrogens is 1. The Labute approximate surface area is 176 Å². The Morgan fingerprint density at radius 2 is 1.93 bits per heavy atom. The number of rotatable bonds is 8. The van der Waals surface area contributed by atoms with Crippen molar-refractivity contribution in [3.05, 3.63) is 59.8 Å². The normalized spacial score (nSPS) is 16.0. The molecule has 2 heterocycles. The first-order chi connectivity index (χ1) is 14.7. The molecule has 6 nitrogen and oxygen atoms in total. The third kappa shape index (κ3) is 4.60. The van der Waals surface area contributed by atoms with Crippen LogP contribution in [0.15, 0.2) is 48.7 Å². The van der Waals surface area contributed by atoms with E-state index in [4.69, 9.17) is 14.2 Å². The highest BCUT2D eigenvalue weighted by atomic mass is 16.5. The zero-order valence-corrected chi connectivity index (χ0v) is 17.5. The summed E-state index contributed by atoms with van der Waals surface area (Å²) in [5, 5.41) is 4.12. The van der Waals surface area contributed by atoms with Crippen LogP contribution in [0.2, 0.25) is 0 Å². The Kier molecular flexibility index (Phi) is 6.23. The third-order valence-corrected chi connectivity index (χ3v) is 5.54. The molecule has 1 aliphatic rings. The predicted octanol–water partition coefficient (Wildman–Crippen LogP) is 3.54. The van der Waals surface area contributed by atoms with E-state index in [1.54, 1.807) is 14.2 Å². The van der Waals surface area contributed by atoms with Gasteiger partial charge >= 0.3 is 0 Å². The van der Waals surface area contributed by atoms with Gasteiger partial charge in [0.2, 0.25) is 5.91 Å². The lowest BCUT2D eigenvalue weighted by molar-refractivity contribution is -0.120. The molecule has 2 aromatic carbocycles. The number of hydrogen-bond acceptors (Lipinski definition) is 4. The number of fused-ring (bicyclic) bond motifs is 1. The lowest BCUT2D eigenvalue weighted by Gasteiger charge is -2.10. The molecule has 1 aromatic heterocycles. The number of para-hydroxylation sites is 1. The summed E-state index contributed by atoms with van der Waals surface area (Å²) in [5.74, 6) is 1.54. The van der Waals surface area contributed by atoms with Crippen molar-refractivity contribution in [3.63, 3.8) is 0 Å². The largest absolute Gasteiger partial charge is 0.497 e. The van der Waals surface area contributed by atoms with E-state index in [1.807, 2.05) is 30.3 Å². The number of carbonyl (C=O) groups excluding carboxylic acids is 1. The molecule has 1 atom stereocenters. The Hall–Kier alpha value is -2.99. The molecule has 4 rings (SSSR count). The van der Waals surface area contributed by atoms with E-state index in [-0.39, 0.29) is 12.0 Å². The van der Waals surface area contributed by atoms with Gasteiger partial charge in [-0.3, -0.25) is 4.79 Å². The topological polar surface area (TPSA) is 61.7 Å². The van der Waals surface area contributed by atoms with Gasteiger partial charge in [0.15, 0.2) is 0 Å². The van der Waals surface area contributed by atoms with Crippen molar-refractivity contribution in [2.24, 2.45) is 0 Å². The quantitative estimate of drug-likeness (QED) is 0.619. The van der Waals surface area contributed by atoms with Crippen LogP contribution in [0.1, 0.15) is 24.0 Å². The fourth-order valence-electron chi connectivity index (χ4n) is 4.02. The number of nitrogens with one attached hydrogen (secondary N) is 1. The number of amides is 1. The number of hydrogen-bond donors (Lipinski definition) is 1. The average Bonchev–Trinajstić information content (AvgIpc) is 3.41. The first-order valence-corrected chi connectivity index (χ1v) is 10.3. The summed E-state index contributed by atoms with van der Waals surface area (Å²) in [5.41, 5.74) is 3.19. The molecule has 0 saturated carbocycles. The van der Waals surface area contributed by atoms with Crippen LogP contribution in [-0.2, 0) is 22.5 Å². The molecule has 0 unspecified atom stereocenters. The molecule has 1 amide bonds. The fourth-order valence-corrected chi connectivity index (χ4v) is 4.02. The van der Waals surface area contributed by atoms with Gasteiger partial charge in [-0.05, 0) is 42.2 Å². The van der Waals surface area contributed by atoms with Gasteiger partial charge in [-0.15, -0.1) is 0 Å². The molecule has 3 aromatic rings. The van der Waals surface area contributed by atoms with Gasteiger partial charge in [0.25, 0.3) is 0 Å². The van der Waals surface area contributed by atoms with E-state index in [0.717, 1.165) is 53.0 Å². The van der Waals surface area contributed by atoms with E-state index in [0.29, 0.717) is 19.5 Å². The minimum Gasteiger partial charge on any atom is -0.497 e. The summed E-state index contributed by atoms with van der Waals surface area (Å²) < 4.78 is 18.6. The lowest BCUT2D eigenvalue weighted by atomic mass is 10.1. The standard InChI is InChI=1S/C24H28N2O4/c1-28-20-10-17(11-21(13-20)29-2)15-26-16-18(22-7-3-4-8-23(22)26)12-24(27)25-14-19-6-5-9-30-19/h3-4,7-8,10-11,13,16,19H,5-6,9,12,14-15H2,1-2H3,(H,25,27)/t19-/m1/s1. The second-order valence-corrected chi connectivity index (χ2v) is 7.64. The maximum Gasteiger partial charge on any atom is 0.224 e. The summed E-state index contributed by atoms with van der Waals surface area (Å²) >= 11 is 0. The molecular weight excluding hydrogens is 380 g/mol. The van der Waals surface area contributed by atoms with Gasteiger partial charge in [-0.1, -0.05) is 18.2 Å². The van der Waals surface area contributed by atoms with Crippen LogP contribution < -0.4 is 14.8 Å². The van der Waals surface area contributed by atoms with E-state index in [1.165, 1.54) is 0 Å². The summed E-state index contributed by atoms with van der Waals surface area (Å²) in [6.07, 6.45) is 4.66. The minimum absolute atomic E-state index is 0.0245. The number of ether oxygens (including phenoxy) is 3. The molecule has 1 N–H and O–H groups in total. The number of carbonyl (C=O) groups is 1. The SMILES string of the molecule is COc1cc(Cn2cc(CC(=O)NC[C@H]3CCCO3)c3ccccc32)cc(OC)c1. The highest BCUT2D eigenvalue weighted by Gasteiger charge is 2.17. The van der Waals surface area contributed by atoms with Gasteiger partial charge in [0.05, 0.1) is 26.7 Å². The maximum atomic E-state index is 12.5. The number of methoxy groups -OCH3 is 2. The van der Waals surface area contributed by atoms with E-state index in [9.17, 15) is 4.79 Å². The van der Waals surface area contributed by atoms with Gasteiger partial charge in [-0.2, -0.15) is 0 Å². The molecule has 0 spiro atoms. The minimum atomic E-state index is 0.0245. The van der Waals surface area contributed by atoms with Gasteiger partial charge < -0.3 is 24.1 Å². The number of nitrogens with zero attached hydrogens (tertiary/aromatic N) is 1. The van der Waals surface area contributed by atoms with Crippen LogP contribution >= 0.6 is 0 Å². The van der Waals surface area contributed by atoms with Crippen molar-refractivity contribution in [3.8, 4) is 11.5 Å². The second-order valence-electron chi connectivity index (χ2n) is 7.64. The van der Waals surface area contributed by atoms with Gasteiger partial charge in [0, 0.05) is 42.9 Å². The van der Waals surface area contributed by atoms with Crippen molar-refractivity contribution in [2.45, 2.75) is 31.9 Å². The molecule has 0 radical (unpaired) electrons. The Morgan fingerprint density at radius 1 is 1.17 bits per heavy atom. The fraction of sp³-hybridized carbons (Fsp3) is 0.375. The Balaban J connectivity index is 1.54. The highest BCUT2D eigenvalue weighted by molar-refractivity contribution is 5.89. The monoisotopic (exact) mass is 408 g/mol. The molecule has 0 bridgehead atoms. The molecule has 0 aliphatic carbocycles. The predicted molar refractivity (Wildman–Crippen MR) is 116 cm³/mol. The van der Waals surface area contributed by atoms with E-state index >= 15 is 0 Å². The van der Waals surface area contributed by atoms with Gasteiger partial charge in [-0.25, -0.2) is 0 Å². The maximum absolute atomic E-state index is 12.5. The van der Waals surface area contributed by atoms with Crippen molar-refractivity contribution < 1.29 is 19.0 Å². The molecule has 1 saturated heterocycles. The van der Waals surface area contributed by atoms with Crippen LogP contribution in [0.3, 0.4) is 0 Å². The average molecular weight is 408 g/mol. The van der Waals surface area contributed by atoms with Crippen LogP contribution in [-0.4, -0.2) is 43.9 Å². The van der Waals surface area contributed by atoms with Crippen molar-refractivity contribution in [2.75, 3.05) is 27.4 Å². The van der Waals surface area contributed by atoms with Crippen LogP contribution in [0.4, 0.5) is 0 Å². The zero-order valence-electron chi connectivity index (χ0n) is 17.5. The Morgan fingerprint density at radius 3 is 2.63 bits per heavy atom. The third-order valence-electron chi connectivity index (χ3n) is 5.54. The molecule has 30 heavy (non-hydrogen) atoms. The first-order valence-electron chi connectivity index (χ1n) is 10.3. The molecule has 1 aliphatic heterocycles. The summed E-state index contributed by atoms with van der Waals surface area (Å²) in [4.78, 5) is 12.5. The van der Waals surface area contributed by atoms with Crippen LogP contribution in [0.5, 0.6) is 11.5 Å². The lowest BCUT2D eigenvalue weighted by Crippen LogP contribution is -2.32. The molecule has 6 heteroatoms. The molecular formula is C24H28N2O4. The first kappa shape index (κ1) is 20.3. The molecule has 1 fully saturated rings. The van der Waals surface area contributed by atoms with E-state index in [2.05, 4.69) is 28.2 Å². The van der Waals surface area contributed by atoms with Gasteiger partial charge in [0.1, 0.15) is 11.5 Å². The highest BCUT2D eigenvalue weighted by Crippen LogP contribution is 2.26. The molecule has 158 valence electrons. The zero-order chi connectivity index (χ0) is 20.9. The van der Waals surface area contributed by atoms with Crippen LogP contribution in [0, 0.1) is 0 Å². The van der Waals surface area contributed by atoms with Crippen molar-refractivity contribution in [1.82, 2.24) is 9.88 Å².